The van der Waals surface area contributed by atoms with Crippen LogP contribution in [0.4, 0.5) is 4.79 Å². The first-order valence-corrected chi connectivity index (χ1v) is 5.35. The minimum atomic E-state index is -0.769. The first-order chi connectivity index (χ1) is 6.79. The van der Waals surface area contributed by atoms with Crippen LogP contribution in [0.25, 0.3) is 0 Å². The van der Waals surface area contributed by atoms with E-state index in [2.05, 4.69) is 22.6 Å². The molecule has 0 saturated carbocycles. The van der Waals surface area contributed by atoms with Crippen molar-refractivity contribution in [2.45, 2.75) is 18.2 Å². The molecule has 2 rings (SSSR count). The molecule has 14 heavy (non-hydrogen) atoms. The van der Waals surface area contributed by atoms with Gasteiger partial charge in [-0.3, -0.25) is 0 Å². The van der Waals surface area contributed by atoms with Crippen LogP contribution in [0, 0.1) is 10.8 Å². The van der Waals surface area contributed by atoms with E-state index in [4.69, 9.17) is 0 Å². The van der Waals surface area contributed by atoms with Gasteiger partial charge in [0.15, 0.2) is 0 Å². The van der Waals surface area contributed by atoms with Gasteiger partial charge < -0.3 is 5.32 Å². The molecular weight excluding hydrogens is 200 g/mol. The van der Waals surface area contributed by atoms with E-state index < -0.39 is 6.03 Å². The fourth-order valence-corrected chi connectivity index (χ4v) is 3.09. The maximum Gasteiger partial charge on any atom is 0.379 e. The molecule has 0 aromatic rings. The number of allylic oxidation sites excluding steroid dienone is 4. The van der Waals surface area contributed by atoms with Gasteiger partial charge in [0.05, 0.1) is 5.37 Å². The summed E-state index contributed by atoms with van der Waals surface area (Å²) in [5, 5.41) is 4.89. The zero-order chi connectivity index (χ0) is 9.97. The molecule has 0 bridgehead atoms. The highest BCUT2D eigenvalue weighted by Gasteiger charge is 2.31. The van der Waals surface area contributed by atoms with Gasteiger partial charge in [-0.2, -0.15) is 0 Å². The van der Waals surface area contributed by atoms with Crippen molar-refractivity contribution in [2.75, 3.05) is 0 Å². The predicted molar refractivity (Wildman–Crippen MR) is 55.7 cm³/mol. The van der Waals surface area contributed by atoms with Crippen LogP contribution in [-0.4, -0.2) is 11.4 Å². The highest BCUT2D eigenvalue weighted by Crippen LogP contribution is 2.44. The second-order valence-electron chi connectivity index (χ2n) is 3.31. The van der Waals surface area contributed by atoms with Crippen LogP contribution in [0.2, 0.25) is 0 Å². The van der Waals surface area contributed by atoms with Crippen molar-refractivity contribution in [2.24, 2.45) is 11.1 Å². The van der Waals surface area contributed by atoms with E-state index in [1.807, 2.05) is 6.08 Å². The molecule has 0 aromatic carbocycles. The van der Waals surface area contributed by atoms with Gasteiger partial charge in [0.2, 0.25) is 0 Å². The Balaban J connectivity index is 1.95. The zero-order valence-electron chi connectivity index (χ0n) is 7.47. The highest BCUT2D eigenvalue weighted by atomic mass is 32.2. The van der Waals surface area contributed by atoms with Gasteiger partial charge >= 0.3 is 6.03 Å². The smallest absolute Gasteiger partial charge is 0.322 e. The number of nitrogens with one attached hydrogen (secondary N) is 1. The first kappa shape index (κ1) is 9.45. The van der Waals surface area contributed by atoms with Gasteiger partial charge in [-0.15, -0.1) is 16.7 Å². The number of nitrogens with zero attached hydrogens (tertiary/aromatic N) is 1. The second kappa shape index (κ2) is 3.96. The van der Waals surface area contributed by atoms with E-state index in [1.165, 1.54) is 4.91 Å². The fraction of sp³-hybridized carbons (Fsp3) is 0.444. The van der Waals surface area contributed by atoms with Crippen molar-refractivity contribution in [3.8, 4) is 0 Å². The molecule has 1 fully saturated rings. The van der Waals surface area contributed by atoms with Gasteiger partial charge in [0.25, 0.3) is 0 Å². The molecule has 0 spiro atoms. The highest BCUT2D eigenvalue weighted by molar-refractivity contribution is 8.03. The van der Waals surface area contributed by atoms with E-state index in [0.29, 0.717) is 5.92 Å². The van der Waals surface area contributed by atoms with E-state index in [-0.39, 0.29) is 5.37 Å². The Kier molecular flexibility index (Phi) is 2.67. The maximum absolute atomic E-state index is 10.7. The average Bonchev–Trinajstić information content (AvgIpc) is 2.59. The summed E-state index contributed by atoms with van der Waals surface area (Å²) in [5.41, 5.74) is 0. The molecule has 1 N–H and O–H groups in total. The second-order valence-corrected chi connectivity index (χ2v) is 4.59. The number of amides is 2. The van der Waals surface area contributed by atoms with E-state index >= 15 is 0 Å². The molecule has 1 heterocycles. The third-order valence-corrected chi connectivity index (χ3v) is 3.70. The van der Waals surface area contributed by atoms with Crippen molar-refractivity contribution in [3.63, 3.8) is 0 Å². The molecule has 2 amide bonds. The lowest BCUT2D eigenvalue weighted by atomic mass is 9.97. The topological polar surface area (TPSA) is 58.5 Å². The number of urea groups is 1. The maximum atomic E-state index is 10.7. The number of fused-ring (bicyclic) bond motifs is 1. The molecular formula is C9H10N2O2S. The minimum absolute atomic E-state index is 0.0105. The van der Waals surface area contributed by atoms with Crippen LogP contribution >= 0.6 is 11.8 Å². The Morgan fingerprint density at radius 3 is 3.21 bits per heavy atom. The van der Waals surface area contributed by atoms with Crippen LogP contribution in [0.5, 0.6) is 0 Å². The Hall–Kier alpha value is -1.10. The first-order valence-electron chi connectivity index (χ1n) is 4.47. The number of nitroso groups, excluding NO2 is 1. The average molecular weight is 210 g/mol. The normalized spacial score (nSPS) is 29.3. The summed E-state index contributed by atoms with van der Waals surface area (Å²) in [7, 11) is 0. The molecule has 4 nitrogen and oxygen atoms in total. The third kappa shape index (κ3) is 1.87. The van der Waals surface area contributed by atoms with Crippen molar-refractivity contribution < 1.29 is 4.79 Å². The molecule has 5 heteroatoms. The fourth-order valence-electron chi connectivity index (χ4n) is 1.73. The number of hydrogen-bond donors (Lipinski definition) is 1. The van der Waals surface area contributed by atoms with Gasteiger partial charge in [-0.05, 0) is 23.7 Å². The molecule has 2 unspecified atom stereocenters. The molecule has 0 aromatic heterocycles. The minimum Gasteiger partial charge on any atom is -0.322 e. The molecule has 0 radical (unpaired) electrons. The summed E-state index contributed by atoms with van der Waals surface area (Å²) in [6.07, 6.45) is 8.14. The summed E-state index contributed by atoms with van der Waals surface area (Å²) in [6.45, 7) is 0. The van der Waals surface area contributed by atoms with E-state index in [9.17, 15) is 9.70 Å². The number of rotatable bonds is 1. The standard InChI is InChI=1S/C9H10N2O2S/c12-9(11-13)10-8-5-6-3-1-2-4-7(6)14-8/h1-2,4,6,8H,3,5H2,(H,10,12). The zero-order valence-corrected chi connectivity index (χ0v) is 8.29. The van der Waals surface area contributed by atoms with Crippen molar-refractivity contribution in [1.29, 1.82) is 0 Å². The van der Waals surface area contributed by atoms with Gasteiger partial charge in [0, 0.05) is 5.18 Å². The summed E-state index contributed by atoms with van der Waals surface area (Å²) < 4.78 is 0. The Morgan fingerprint density at radius 2 is 2.50 bits per heavy atom. The van der Waals surface area contributed by atoms with Gasteiger partial charge in [-0.1, -0.05) is 18.2 Å². The van der Waals surface area contributed by atoms with Gasteiger partial charge in [-0.25, -0.2) is 4.79 Å². The number of carbonyl (C=O) groups is 1. The molecule has 1 saturated heterocycles. The quantitative estimate of drug-likeness (QED) is 0.676. The molecule has 2 aliphatic rings. The third-order valence-electron chi connectivity index (χ3n) is 2.36. The van der Waals surface area contributed by atoms with Gasteiger partial charge in [0.1, 0.15) is 0 Å². The van der Waals surface area contributed by atoms with Crippen LogP contribution in [0.15, 0.2) is 28.3 Å². The lowest BCUT2D eigenvalue weighted by Gasteiger charge is -2.09. The number of hydrogen-bond acceptors (Lipinski definition) is 3. The largest absolute Gasteiger partial charge is 0.379 e. The Bertz CT molecular complexity index is 325. The number of carbonyl (C=O) groups excluding carboxylic acids is 1. The summed E-state index contributed by atoms with van der Waals surface area (Å²) in [4.78, 5) is 21.9. The Labute approximate surface area is 85.8 Å². The molecule has 1 aliphatic heterocycles. The van der Waals surface area contributed by atoms with E-state index in [0.717, 1.165) is 12.8 Å². The Morgan fingerprint density at radius 1 is 1.64 bits per heavy atom. The van der Waals surface area contributed by atoms with E-state index in [1.54, 1.807) is 11.8 Å². The summed E-state index contributed by atoms with van der Waals surface area (Å²) in [5.74, 6) is 0.516. The SMILES string of the molecule is O=NC(=O)NC1CC2CC=CC=C2S1. The lowest BCUT2D eigenvalue weighted by Crippen LogP contribution is -2.28. The van der Waals surface area contributed by atoms with Crippen LogP contribution in [0.1, 0.15) is 12.8 Å². The summed E-state index contributed by atoms with van der Waals surface area (Å²) in [6, 6.07) is -0.769. The summed E-state index contributed by atoms with van der Waals surface area (Å²) >= 11 is 1.62. The van der Waals surface area contributed by atoms with Crippen molar-refractivity contribution in [1.82, 2.24) is 5.32 Å². The molecule has 74 valence electrons. The van der Waals surface area contributed by atoms with Crippen LogP contribution < -0.4 is 5.32 Å². The molecule has 1 aliphatic carbocycles. The van der Waals surface area contributed by atoms with Crippen LogP contribution in [0.3, 0.4) is 0 Å². The molecule has 2 atom stereocenters. The number of thioether (sulfide) groups is 1. The monoisotopic (exact) mass is 210 g/mol. The van der Waals surface area contributed by atoms with Crippen LogP contribution in [-0.2, 0) is 0 Å². The van der Waals surface area contributed by atoms with Crippen molar-refractivity contribution in [3.05, 3.63) is 28.0 Å². The van der Waals surface area contributed by atoms with Crippen molar-refractivity contribution >= 4 is 17.8 Å². The predicted octanol–water partition coefficient (Wildman–Crippen LogP) is 2.39. The lowest BCUT2D eigenvalue weighted by molar-refractivity contribution is 0.247.